The number of ether oxygens (including phenoxy) is 2. The van der Waals surface area contributed by atoms with Crippen molar-refractivity contribution in [3.05, 3.63) is 23.8 Å². The molecule has 3 rings (SSSR count). The second kappa shape index (κ2) is 6.14. The quantitative estimate of drug-likeness (QED) is 0.787. The van der Waals surface area contributed by atoms with E-state index in [9.17, 15) is 4.79 Å². The van der Waals surface area contributed by atoms with E-state index in [4.69, 9.17) is 21.1 Å². The highest BCUT2D eigenvalue weighted by molar-refractivity contribution is 7.99. The Labute approximate surface area is 127 Å². The summed E-state index contributed by atoms with van der Waals surface area (Å²) in [5.41, 5.74) is 1.24. The first-order valence-electron chi connectivity index (χ1n) is 6.63. The Kier molecular flexibility index (Phi) is 4.27. The average Bonchev–Trinajstić information content (AvgIpc) is 2.81. The third kappa shape index (κ3) is 2.83. The molecule has 1 amide bonds. The van der Waals surface area contributed by atoms with E-state index in [1.165, 1.54) is 5.56 Å². The molecule has 6 heteroatoms. The van der Waals surface area contributed by atoms with Gasteiger partial charge in [-0.1, -0.05) is 6.07 Å². The number of alkyl halides is 1. The summed E-state index contributed by atoms with van der Waals surface area (Å²) in [4.78, 5) is 13.5. The molecule has 1 atom stereocenters. The molecule has 0 spiro atoms. The van der Waals surface area contributed by atoms with Crippen LogP contribution in [0.15, 0.2) is 18.2 Å². The molecule has 0 aliphatic carbocycles. The Bertz CT molecular complexity index is 511. The third-order valence-electron chi connectivity index (χ3n) is 3.58. The van der Waals surface area contributed by atoms with Crippen LogP contribution in [0.2, 0.25) is 0 Å². The monoisotopic (exact) mass is 313 g/mol. The largest absolute Gasteiger partial charge is 0.454 e. The molecule has 0 bridgehead atoms. The summed E-state index contributed by atoms with van der Waals surface area (Å²) >= 11 is 7.51. The lowest BCUT2D eigenvalue weighted by molar-refractivity contribution is -0.128. The smallest absolute Gasteiger partial charge is 0.237 e. The highest BCUT2D eigenvalue weighted by Crippen LogP contribution is 2.40. The van der Waals surface area contributed by atoms with Gasteiger partial charge in [-0.3, -0.25) is 4.79 Å². The number of thioether (sulfide) groups is 1. The summed E-state index contributed by atoms with van der Waals surface area (Å²) in [6.07, 6.45) is 0.937. The van der Waals surface area contributed by atoms with Crippen molar-refractivity contribution < 1.29 is 14.3 Å². The highest BCUT2D eigenvalue weighted by atomic mass is 35.5. The third-order valence-corrected chi connectivity index (χ3v) is 5.13. The number of hydrogen-bond acceptors (Lipinski definition) is 4. The van der Waals surface area contributed by atoms with Crippen LogP contribution in [0.25, 0.3) is 0 Å². The molecule has 1 saturated heterocycles. The Balaban J connectivity index is 1.70. The van der Waals surface area contributed by atoms with Crippen LogP contribution in [0.3, 0.4) is 0 Å². The van der Waals surface area contributed by atoms with Crippen molar-refractivity contribution in [2.24, 2.45) is 0 Å². The van der Waals surface area contributed by atoms with Crippen molar-refractivity contribution in [1.82, 2.24) is 4.90 Å². The van der Waals surface area contributed by atoms with Gasteiger partial charge in [0.2, 0.25) is 12.7 Å². The molecule has 0 saturated carbocycles. The molecule has 0 radical (unpaired) electrons. The molecule has 2 aliphatic rings. The molecule has 2 heterocycles. The van der Waals surface area contributed by atoms with E-state index >= 15 is 0 Å². The maximum absolute atomic E-state index is 11.7. The first kappa shape index (κ1) is 13.9. The minimum absolute atomic E-state index is 0.0265. The Morgan fingerprint density at radius 2 is 2.20 bits per heavy atom. The molecule has 2 aliphatic heterocycles. The lowest BCUT2D eigenvalue weighted by atomic mass is 10.1. The second-order valence-electron chi connectivity index (χ2n) is 4.78. The van der Waals surface area contributed by atoms with Crippen LogP contribution >= 0.6 is 23.4 Å². The van der Waals surface area contributed by atoms with Crippen molar-refractivity contribution in [3.63, 3.8) is 0 Å². The number of nitrogens with zero attached hydrogens (tertiary/aromatic N) is 1. The lowest BCUT2D eigenvalue weighted by Gasteiger charge is -2.19. The van der Waals surface area contributed by atoms with Gasteiger partial charge in [-0.15, -0.1) is 11.6 Å². The average molecular weight is 314 g/mol. The number of amides is 1. The Hall–Kier alpha value is -1.07. The molecule has 1 fully saturated rings. The molecule has 1 aromatic carbocycles. The fourth-order valence-electron chi connectivity index (χ4n) is 2.48. The van der Waals surface area contributed by atoms with Gasteiger partial charge in [-0.2, -0.15) is 11.8 Å². The predicted octanol–water partition coefficient (Wildman–Crippen LogP) is 2.66. The summed E-state index contributed by atoms with van der Waals surface area (Å²) in [7, 11) is 0. The van der Waals surface area contributed by atoms with E-state index < -0.39 is 0 Å². The van der Waals surface area contributed by atoms with Crippen molar-refractivity contribution in [2.45, 2.75) is 11.7 Å². The van der Waals surface area contributed by atoms with Crippen LogP contribution in [-0.2, 0) is 4.79 Å². The summed E-state index contributed by atoms with van der Waals surface area (Å²) in [5, 5.41) is 0.387. The molecule has 20 heavy (non-hydrogen) atoms. The van der Waals surface area contributed by atoms with Gasteiger partial charge >= 0.3 is 0 Å². The zero-order valence-electron chi connectivity index (χ0n) is 11.0. The summed E-state index contributed by atoms with van der Waals surface area (Å²) < 4.78 is 10.8. The van der Waals surface area contributed by atoms with Crippen molar-refractivity contribution >= 4 is 29.3 Å². The molecular formula is C14H16ClNO3S. The van der Waals surface area contributed by atoms with Gasteiger partial charge in [0.15, 0.2) is 11.5 Å². The molecule has 1 unspecified atom stereocenters. The van der Waals surface area contributed by atoms with Gasteiger partial charge in [0.1, 0.15) is 5.88 Å². The number of carbonyl (C=O) groups is 1. The topological polar surface area (TPSA) is 38.8 Å². The van der Waals surface area contributed by atoms with Crippen LogP contribution in [0.4, 0.5) is 0 Å². The predicted molar refractivity (Wildman–Crippen MR) is 79.7 cm³/mol. The van der Waals surface area contributed by atoms with Crippen LogP contribution in [0, 0.1) is 0 Å². The van der Waals surface area contributed by atoms with Gasteiger partial charge in [-0.05, 0) is 24.1 Å². The van der Waals surface area contributed by atoms with E-state index in [0.717, 1.165) is 36.8 Å². The number of rotatable bonds is 2. The van der Waals surface area contributed by atoms with E-state index in [1.54, 1.807) is 0 Å². The fraction of sp³-hybridized carbons (Fsp3) is 0.500. The number of carbonyl (C=O) groups excluding carboxylic acids is 1. The fourth-order valence-corrected chi connectivity index (χ4v) is 3.87. The van der Waals surface area contributed by atoms with E-state index in [-0.39, 0.29) is 11.8 Å². The molecule has 4 nitrogen and oxygen atoms in total. The van der Waals surface area contributed by atoms with Crippen LogP contribution < -0.4 is 9.47 Å². The van der Waals surface area contributed by atoms with Gasteiger partial charge in [0.25, 0.3) is 0 Å². The minimum atomic E-state index is 0.0265. The Morgan fingerprint density at radius 3 is 3.05 bits per heavy atom. The van der Waals surface area contributed by atoms with Gasteiger partial charge < -0.3 is 14.4 Å². The van der Waals surface area contributed by atoms with Crippen LogP contribution in [0.1, 0.15) is 17.2 Å². The second-order valence-corrected chi connectivity index (χ2v) is 6.35. The van der Waals surface area contributed by atoms with Gasteiger partial charge in [0.05, 0.1) is 0 Å². The summed E-state index contributed by atoms with van der Waals surface area (Å²) in [5.74, 6) is 2.66. The maximum atomic E-state index is 11.7. The normalized spacial score (nSPS) is 21.6. The molecule has 0 N–H and O–H groups in total. The van der Waals surface area contributed by atoms with Gasteiger partial charge in [-0.25, -0.2) is 0 Å². The van der Waals surface area contributed by atoms with Crippen molar-refractivity contribution in [2.75, 3.05) is 31.5 Å². The van der Waals surface area contributed by atoms with Crippen LogP contribution in [-0.4, -0.2) is 42.3 Å². The lowest BCUT2D eigenvalue weighted by Crippen LogP contribution is -2.33. The van der Waals surface area contributed by atoms with E-state index in [0.29, 0.717) is 12.0 Å². The molecule has 108 valence electrons. The number of benzene rings is 1. The molecule has 0 aromatic heterocycles. The zero-order valence-corrected chi connectivity index (χ0v) is 12.6. The maximum Gasteiger partial charge on any atom is 0.237 e. The van der Waals surface area contributed by atoms with E-state index in [2.05, 4.69) is 12.1 Å². The van der Waals surface area contributed by atoms with Crippen molar-refractivity contribution in [3.8, 4) is 11.5 Å². The first-order valence-corrected chi connectivity index (χ1v) is 8.21. The van der Waals surface area contributed by atoms with Crippen LogP contribution in [0.5, 0.6) is 11.5 Å². The number of hydrogen-bond donors (Lipinski definition) is 0. The first-order chi connectivity index (χ1) is 9.78. The van der Waals surface area contributed by atoms with Crippen molar-refractivity contribution in [1.29, 1.82) is 0 Å². The molecular weight excluding hydrogens is 298 g/mol. The number of halogens is 1. The summed E-state index contributed by atoms with van der Waals surface area (Å²) in [6, 6.07) is 6.11. The summed E-state index contributed by atoms with van der Waals surface area (Å²) in [6.45, 7) is 1.84. The van der Waals surface area contributed by atoms with E-state index in [1.807, 2.05) is 22.7 Å². The zero-order chi connectivity index (χ0) is 13.9. The highest BCUT2D eigenvalue weighted by Gasteiger charge is 2.23. The Morgan fingerprint density at radius 1 is 1.35 bits per heavy atom. The van der Waals surface area contributed by atoms with Gasteiger partial charge in [0, 0.05) is 24.1 Å². The SMILES string of the molecule is O=C(CCl)N1CCSC(c2ccc3c(c2)OCO3)CC1. The molecule has 1 aromatic rings. The standard InChI is InChI=1S/C14H16ClNO3S/c15-8-14(17)16-4-3-13(20-6-5-16)10-1-2-11-12(7-10)19-9-18-11/h1-2,7,13H,3-6,8-9H2. The minimum Gasteiger partial charge on any atom is -0.454 e. The number of fused-ring (bicyclic) bond motifs is 1.